The van der Waals surface area contributed by atoms with Crippen LogP contribution in [0.2, 0.25) is 0 Å². The molecular formula is C18H16N2O5. The molecule has 1 aromatic heterocycles. The molecule has 0 saturated heterocycles. The summed E-state index contributed by atoms with van der Waals surface area (Å²) in [6.45, 7) is -0.362. The fourth-order valence-electron chi connectivity index (χ4n) is 2.32. The summed E-state index contributed by atoms with van der Waals surface area (Å²) in [5.41, 5.74) is 1.79. The number of ether oxygens (including phenoxy) is 1. The summed E-state index contributed by atoms with van der Waals surface area (Å²) in [6, 6.07) is 16.0. The number of hydrogen-bond acceptors (Lipinski definition) is 5. The Bertz CT molecular complexity index is 943. The summed E-state index contributed by atoms with van der Waals surface area (Å²) in [5.74, 6) is -1.66. The van der Waals surface area contributed by atoms with Crippen molar-refractivity contribution in [1.29, 1.82) is 0 Å². The van der Waals surface area contributed by atoms with Gasteiger partial charge in [0, 0.05) is 0 Å². The van der Waals surface area contributed by atoms with Crippen LogP contribution in [0.3, 0.4) is 0 Å². The molecule has 3 rings (SSSR count). The molecule has 2 aromatic carbocycles. The summed E-state index contributed by atoms with van der Waals surface area (Å²) in [6.07, 6.45) is 0. The van der Waals surface area contributed by atoms with Gasteiger partial charge in [-0.15, -0.1) is 0 Å². The number of amides is 1. The second-order valence-electron chi connectivity index (χ2n) is 5.34. The lowest BCUT2D eigenvalue weighted by Gasteiger charge is -2.07. The van der Waals surface area contributed by atoms with Gasteiger partial charge in [0.1, 0.15) is 19.7 Å². The number of nitrogens with one attached hydrogen (secondary N) is 1. The van der Waals surface area contributed by atoms with E-state index in [2.05, 4.69) is 5.32 Å². The van der Waals surface area contributed by atoms with Crippen molar-refractivity contribution >= 4 is 23.0 Å². The van der Waals surface area contributed by atoms with Crippen molar-refractivity contribution in [2.45, 2.75) is 13.2 Å². The first kappa shape index (κ1) is 16.5. The van der Waals surface area contributed by atoms with Crippen molar-refractivity contribution in [2.24, 2.45) is 0 Å². The third-order valence-corrected chi connectivity index (χ3v) is 3.55. The first-order valence-corrected chi connectivity index (χ1v) is 7.68. The van der Waals surface area contributed by atoms with Gasteiger partial charge in [-0.25, -0.2) is 4.79 Å². The normalized spacial score (nSPS) is 10.6. The molecule has 0 fully saturated rings. The molecule has 25 heavy (non-hydrogen) atoms. The average Bonchev–Trinajstić information content (AvgIpc) is 2.94. The number of rotatable bonds is 6. The largest absolute Gasteiger partial charge is 0.460 e. The number of oxazole rings is 1. The minimum Gasteiger partial charge on any atom is -0.460 e. The second-order valence-corrected chi connectivity index (χ2v) is 5.34. The van der Waals surface area contributed by atoms with E-state index < -0.39 is 17.6 Å². The molecule has 0 aliphatic heterocycles. The smallest absolute Gasteiger partial charge is 0.420 e. The van der Waals surface area contributed by atoms with Crippen molar-refractivity contribution in [1.82, 2.24) is 9.88 Å². The van der Waals surface area contributed by atoms with Gasteiger partial charge in [-0.3, -0.25) is 14.2 Å². The standard InChI is InChI=1S/C18H16N2O5/c21-16(11-20-14-8-4-5-9-15(14)25-18(20)23)19-10-17(22)24-12-13-6-2-1-3-7-13/h1-9H,10-12H2,(H,19,21). The van der Waals surface area contributed by atoms with Crippen molar-refractivity contribution in [3.63, 3.8) is 0 Å². The first-order chi connectivity index (χ1) is 12.1. The minimum absolute atomic E-state index is 0.140. The van der Waals surface area contributed by atoms with Crippen LogP contribution in [0, 0.1) is 0 Å². The van der Waals surface area contributed by atoms with Crippen LogP contribution in [0.1, 0.15) is 5.56 Å². The molecule has 0 atom stereocenters. The molecule has 0 bridgehead atoms. The molecule has 0 unspecified atom stereocenters. The number of benzene rings is 2. The number of hydrogen-bond donors (Lipinski definition) is 1. The molecule has 0 saturated carbocycles. The van der Waals surface area contributed by atoms with Crippen molar-refractivity contribution in [2.75, 3.05) is 6.54 Å². The maximum Gasteiger partial charge on any atom is 0.420 e. The van der Waals surface area contributed by atoms with Gasteiger partial charge in [0.25, 0.3) is 0 Å². The molecule has 128 valence electrons. The molecule has 0 aliphatic rings. The average molecular weight is 340 g/mol. The Balaban J connectivity index is 1.51. The fourth-order valence-corrected chi connectivity index (χ4v) is 2.32. The third-order valence-electron chi connectivity index (χ3n) is 3.55. The Morgan fingerprint density at radius 2 is 1.76 bits per heavy atom. The Labute approximate surface area is 142 Å². The summed E-state index contributed by atoms with van der Waals surface area (Å²) in [4.78, 5) is 35.4. The fraction of sp³-hybridized carbons (Fsp3) is 0.167. The van der Waals surface area contributed by atoms with Crippen LogP contribution < -0.4 is 11.1 Å². The van der Waals surface area contributed by atoms with Crippen molar-refractivity contribution in [3.8, 4) is 0 Å². The van der Waals surface area contributed by atoms with Gasteiger partial charge in [0.05, 0.1) is 5.52 Å². The Morgan fingerprint density at radius 3 is 2.56 bits per heavy atom. The monoisotopic (exact) mass is 340 g/mol. The molecular weight excluding hydrogens is 324 g/mol. The molecule has 7 heteroatoms. The summed E-state index contributed by atoms with van der Waals surface area (Å²) >= 11 is 0. The molecule has 7 nitrogen and oxygen atoms in total. The minimum atomic E-state index is -0.622. The van der Waals surface area contributed by atoms with Gasteiger partial charge in [-0.2, -0.15) is 0 Å². The van der Waals surface area contributed by atoms with E-state index in [1.165, 1.54) is 4.57 Å². The van der Waals surface area contributed by atoms with Gasteiger partial charge < -0.3 is 14.5 Å². The van der Waals surface area contributed by atoms with Crippen LogP contribution in [0.15, 0.2) is 63.8 Å². The Morgan fingerprint density at radius 1 is 1.04 bits per heavy atom. The Hall–Kier alpha value is -3.35. The lowest BCUT2D eigenvalue weighted by Crippen LogP contribution is -2.34. The van der Waals surface area contributed by atoms with Crippen LogP contribution >= 0.6 is 0 Å². The van der Waals surface area contributed by atoms with Gasteiger partial charge in [0.2, 0.25) is 5.91 Å². The van der Waals surface area contributed by atoms with E-state index >= 15 is 0 Å². The van der Waals surface area contributed by atoms with Gasteiger partial charge in [-0.05, 0) is 17.7 Å². The summed E-state index contributed by atoms with van der Waals surface area (Å²) < 4.78 is 11.3. The van der Waals surface area contributed by atoms with E-state index in [-0.39, 0.29) is 19.7 Å². The number of carbonyl (C=O) groups is 2. The van der Waals surface area contributed by atoms with Crippen molar-refractivity contribution in [3.05, 3.63) is 70.7 Å². The maximum absolute atomic E-state index is 12.0. The summed E-state index contributed by atoms with van der Waals surface area (Å²) in [5, 5.41) is 2.43. The highest BCUT2D eigenvalue weighted by atomic mass is 16.5. The molecule has 0 radical (unpaired) electrons. The van der Waals surface area contributed by atoms with E-state index in [0.29, 0.717) is 11.1 Å². The van der Waals surface area contributed by atoms with Gasteiger partial charge >= 0.3 is 11.7 Å². The van der Waals surface area contributed by atoms with Crippen LogP contribution in [0.25, 0.3) is 11.1 Å². The molecule has 0 spiro atoms. The quantitative estimate of drug-likeness (QED) is 0.686. The zero-order valence-corrected chi connectivity index (χ0v) is 13.3. The number of nitrogens with zero attached hydrogens (tertiary/aromatic N) is 1. The molecule has 1 amide bonds. The van der Waals surface area contributed by atoms with Gasteiger partial charge in [0.15, 0.2) is 5.58 Å². The molecule has 1 N–H and O–H groups in total. The number of aromatic nitrogens is 1. The highest BCUT2D eigenvalue weighted by Gasteiger charge is 2.13. The highest BCUT2D eigenvalue weighted by Crippen LogP contribution is 2.11. The second kappa shape index (κ2) is 7.48. The lowest BCUT2D eigenvalue weighted by atomic mass is 10.2. The molecule has 3 aromatic rings. The number of fused-ring (bicyclic) bond motifs is 1. The summed E-state index contributed by atoms with van der Waals surface area (Å²) in [7, 11) is 0. The van der Waals surface area contributed by atoms with E-state index in [4.69, 9.17) is 9.15 Å². The van der Waals surface area contributed by atoms with Crippen LogP contribution in [-0.2, 0) is 27.5 Å². The van der Waals surface area contributed by atoms with Crippen LogP contribution in [-0.4, -0.2) is 23.0 Å². The maximum atomic E-state index is 12.0. The van der Waals surface area contributed by atoms with Crippen LogP contribution in [0.5, 0.6) is 0 Å². The number of carbonyl (C=O) groups excluding carboxylic acids is 2. The topological polar surface area (TPSA) is 90.5 Å². The number of esters is 1. The van der Waals surface area contributed by atoms with E-state index in [1.807, 2.05) is 30.3 Å². The molecule has 0 aliphatic carbocycles. The predicted molar refractivity (Wildman–Crippen MR) is 89.7 cm³/mol. The Kier molecular flexibility index (Phi) is 4.94. The van der Waals surface area contributed by atoms with Gasteiger partial charge in [-0.1, -0.05) is 42.5 Å². The highest BCUT2D eigenvalue weighted by molar-refractivity contribution is 5.83. The van der Waals surface area contributed by atoms with E-state index in [1.54, 1.807) is 24.3 Å². The first-order valence-electron chi connectivity index (χ1n) is 7.68. The number of para-hydroxylation sites is 2. The SMILES string of the molecule is O=C(Cn1c(=O)oc2ccccc21)NCC(=O)OCc1ccccc1. The zero-order chi connectivity index (χ0) is 17.6. The lowest BCUT2D eigenvalue weighted by molar-refractivity contribution is -0.145. The van der Waals surface area contributed by atoms with E-state index in [9.17, 15) is 14.4 Å². The van der Waals surface area contributed by atoms with Crippen LogP contribution in [0.4, 0.5) is 0 Å². The van der Waals surface area contributed by atoms with E-state index in [0.717, 1.165) is 5.56 Å². The zero-order valence-electron chi connectivity index (χ0n) is 13.3. The molecule has 1 heterocycles. The third kappa shape index (κ3) is 4.14. The predicted octanol–water partition coefficient (Wildman–Crippen LogP) is 1.45. The van der Waals surface area contributed by atoms with Crippen molar-refractivity contribution < 1.29 is 18.7 Å².